The van der Waals surface area contributed by atoms with Crippen LogP contribution < -0.4 is 0 Å². The number of allylic oxidation sites excluding steroid dienone is 1. The molecule has 114 valence electrons. The largest absolute Gasteiger partial charge is 0.462 e. The van der Waals surface area contributed by atoms with Gasteiger partial charge < -0.3 is 9.47 Å². The van der Waals surface area contributed by atoms with Crippen LogP contribution in [0.5, 0.6) is 0 Å². The molecule has 0 N–H and O–H groups in total. The van der Waals surface area contributed by atoms with E-state index in [1.54, 1.807) is 0 Å². The van der Waals surface area contributed by atoms with Crippen molar-refractivity contribution < 1.29 is 19.1 Å². The van der Waals surface area contributed by atoms with E-state index in [-0.39, 0.29) is 35.5 Å². The van der Waals surface area contributed by atoms with E-state index < -0.39 is 0 Å². The van der Waals surface area contributed by atoms with Crippen molar-refractivity contribution in [2.75, 3.05) is 0 Å². The highest BCUT2D eigenvalue weighted by molar-refractivity contribution is 5.91. The normalized spacial score (nSPS) is 38.7. The van der Waals surface area contributed by atoms with E-state index in [0.29, 0.717) is 6.42 Å². The topological polar surface area (TPSA) is 52.6 Å². The Labute approximate surface area is 125 Å². The summed E-state index contributed by atoms with van der Waals surface area (Å²) in [4.78, 5) is 23.2. The Morgan fingerprint density at radius 3 is 2.86 bits per heavy atom. The van der Waals surface area contributed by atoms with Gasteiger partial charge in [0.15, 0.2) is 0 Å². The van der Waals surface area contributed by atoms with E-state index in [0.717, 1.165) is 30.4 Å². The lowest BCUT2D eigenvalue weighted by molar-refractivity contribution is -0.164. The fraction of sp³-hybridized carbons (Fsp3) is 0.647. The van der Waals surface area contributed by atoms with Crippen LogP contribution in [-0.2, 0) is 19.1 Å². The Hall–Kier alpha value is -1.58. The van der Waals surface area contributed by atoms with E-state index in [1.807, 2.05) is 6.92 Å². The molecule has 1 heterocycles. The van der Waals surface area contributed by atoms with Crippen molar-refractivity contribution in [3.63, 3.8) is 0 Å². The van der Waals surface area contributed by atoms with Crippen molar-refractivity contribution in [3.8, 4) is 0 Å². The lowest BCUT2D eigenvalue weighted by Gasteiger charge is -2.51. The van der Waals surface area contributed by atoms with Gasteiger partial charge in [0.1, 0.15) is 12.2 Å². The zero-order valence-corrected chi connectivity index (χ0v) is 12.9. The molecule has 0 amide bonds. The molecular weight excluding hydrogens is 268 g/mol. The number of fused-ring (bicyclic) bond motifs is 2. The van der Waals surface area contributed by atoms with E-state index in [2.05, 4.69) is 13.5 Å². The van der Waals surface area contributed by atoms with Gasteiger partial charge in [-0.05, 0) is 44.1 Å². The fourth-order valence-corrected chi connectivity index (χ4v) is 4.29. The van der Waals surface area contributed by atoms with E-state index in [4.69, 9.17) is 9.47 Å². The van der Waals surface area contributed by atoms with Gasteiger partial charge >= 0.3 is 11.9 Å². The van der Waals surface area contributed by atoms with Gasteiger partial charge in [-0.1, -0.05) is 19.1 Å². The maximum absolute atomic E-state index is 11.8. The highest BCUT2D eigenvalue weighted by atomic mass is 16.6. The average molecular weight is 290 g/mol. The van der Waals surface area contributed by atoms with E-state index in [9.17, 15) is 9.59 Å². The zero-order valence-electron chi connectivity index (χ0n) is 12.9. The maximum atomic E-state index is 11.8. The zero-order chi connectivity index (χ0) is 15.4. The molecule has 3 aliphatic rings. The highest BCUT2D eigenvalue weighted by Crippen LogP contribution is 2.56. The molecular formula is C17H22O4. The van der Waals surface area contributed by atoms with Crippen molar-refractivity contribution in [2.45, 2.75) is 58.7 Å². The van der Waals surface area contributed by atoms with Crippen LogP contribution >= 0.6 is 0 Å². The van der Waals surface area contributed by atoms with Gasteiger partial charge in [-0.25, -0.2) is 4.79 Å². The second-order valence-electron chi connectivity index (χ2n) is 6.81. The minimum Gasteiger partial charge on any atom is -0.462 e. The minimum absolute atomic E-state index is 0.119. The molecule has 0 unspecified atom stereocenters. The Kier molecular flexibility index (Phi) is 3.23. The molecule has 2 saturated carbocycles. The molecule has 21 heavy (non-hydrogen) atoms. The van der Waals surface area contributed by atoms with Crippen LogP contribution in [0.4, 0.5) is 0 Å². The van der Waals surface area contributed by atoms with Crippen LogP contribution in [0.1, 0.15) is 46.5 Å². The third-order valence-electron chi connectivity index (χ3n) is 5.54. The van der Waals surface area contributed by atoms with Crippen LogP contribution in [0.3, 0.4) is 0 Å². The van der Waals surface area contributed by atoms with Crippen LogP contribution in [0.15, 0.2) is 23.3 Å². The van der Waals surface area contributed by atoms with Crippen molar-refractivity contribution in [1.82, 2.24) is 0 Å². The molecule has 0 radical (unpaired) electrons. The smallest absolute Gasteiger partial charge is 0.334 e. The number of ether oxygens (including phenoxy) is 2. The predicted octanol–water partition coefficient (Wildman–Crippen LogP) is 2.93. The fourth-order valence-electron chi connectivity index (χ4n) is 4.29. The third-order valence-corrected chi connectivity index (χ3v) is 5.54. The molecule has 0 bridgehead atoms. The Bertz CT molecular complexity index is 559. The van der Waals surface area contributed by atoms with Gasteiger partial charge in [0.2, 0.25) is 0 Å². The molecule has 0 aromatic heterocycles. The third kappa shape index (κ3) is 2.12. The van der Waals surface area contributed by atoms with Crippen LogP contribution in [0.2, 0.25) is 0 Å². The summed E-state index contributed by atoms with van der Waals surface area (Å²) in [5.41, 5.74) is 2.88. The molecule has 0 spiro atoms. The molecule has 4 heteroatoms. The molecule has 2 aliphatic carbocycles. The number of rotatable bonds is 1. The minimum atomic E-state index is -0.242. The number of hydrogen-bond acceptors (Lipinski definition) is 4. The Morgan fingerprint density at radius 2 is 2.19 bits per heavy atom. The lowest BCUT2D eigenvalue weighted by Crippen LogP contribution is -2.50. The summed E-state index contributed by atoms with van der Waals surface area (Å²) in [7, 11) is 0. The molecule has 4 atom stereocenters. The summed E-state index contributed by atoms with van der Waals surface area (Å²) in [6.07, 6.45) is 2.94. The molecule has 2 fully saturated rings. The van der Waals surface area contributed by atoms with E-state index >= 15 is 0 Å². The highest BCUT2D eigenvalue weighted by Gasteiger charge is 2.54. The van der Waals surface area contributed by atoms with Crippen molar-refractivity contribution in [3.05, 3.63) is 23.3 Å². The molecule has 0 saturated heterocycles. The summed E-state index contributed by atoms with van der Waals surface area (Å²) >= 11 is 0. The second-order valence-corrected chi connectivity index (χ2v) is 6.81. The monoisotopic (exact) mass is 290 g/mol. The number of carbonyl (C=O) groups is 2. The molecule has 1 aliphatic heterocycles. The van der Waals surface area contributed by atoms with Gasteiger partial charge in [0, 0.05) is 17.9 Å². The number of hydrogen-bond donors (Lipinski definition) is 0. The predicted molar refractivity (Wildman–Crippen MR) is 77.3 cm³/mol. The molecule has 3 rings (SSSR count). The first-order valence-electron chi connectivity index (χ1n) is 7.58. The Morgan fingerprint density at radius 1 is 1.48 bits per heavy atom. The summed E-state index contributed by atoms with van der Waals surface area (Å²) in [6.45, 7) is 9.67. The average Bonchev–Trinajstić information content (AvgIpc) is 2.66. The molecule has 0 aromatic carbocycles. The first-order valence-corrected chi connectivity index (χ1v) is 7.58. The van der Waals surface area contributed by atoms with E-state index in [1.165, 1.54) is 12.5 Å². The SMILES string of the molecule is C=C1CC[C@H](OC(C)=O)[C@]2(C)C[C@H]3OC(=O)C(C)=C3C[C@H]12. The quantitative estimate of drug-likeness (QED) is 0.550. The van der Waals surface area contributed by atoms with Gasteiger partial charge in [-0.2, -0.15) is 0 Å². The summed E-state index contributed by atoms with van der Waals surface area (Å²) in [6, 6.07) is 0. The van der Waals surface area contributed by atoms with Gasteiger partial charge in [0.25, 0.3) is 0 Å². The van der Waals surface area contributed by atoms with Crippen molar-refractivity contribution >= 4 is 11.9 Å². The van der Waals surface area contributed by atoms with Crippen molar-refractivity contribution in [1.29, 1.82) is 0 Å². The summed E-state index contributed by atoms with van der Waals surface area (Å²) < 4.78 is 11.1. The number of carbonyl (C=O) groups excluding carboxylic acids is 2. The summed E-state index contributed by atoms with van der Waals surface area (Å²) in [5.74, 6) is -0.188. The van der Waals surface area contributed by atoms with Gasteiger partial charge in [-0.3, -0.25) is 4.79 Å². The first kappa shape index (κ1) is 14.4. The molecule has 0 aromatic rings. The van der Waals surface area contributed by atoms with Gasteiger partial charge in [0.05, 0.1) is 0 Å². The standard InChI is InChI=1S/C17H22O4/c1-9-5-6-15(20-11(3)18)17(4)8-14-12(7-13(9)17)10(2)16(19)21-14/h13-15H,1,5-8H2,2-4H3/t13-,14-,15+,17-/m1/s1. The van der Waals surface area contributed by atoms with Crippen LogP contribution in [0, 0.1) is 11.3 Å². The first-order chi connectivity index (χ1) is 9.83. The Balaban J connectivity index is 1.95. The number of esters is 2. The maximum Gasteiger partial charge on any atom is 0.334 e. The second kappa shape index (κ2) is 4.72. The summed E-state index contributed by atoms with van der Waals surface area (Å²) in [5, 5.41) is 0. The van der Waals surface area contributed by atoms with Crippen molar-refractivity contribution in [2.24, 2.45) is 11.3 Å². The lowest BCUT2D eigenvalue weighted by atomic mass is 9.56. The molecule has 4 nitrogen and oxygen atoms in total. The van der Waals surface area contributed by atoms with Gasteiger partial charge in [-0.15, -0.1) is 0 Å². The van der Waals surface area contributed by atoms with Crippen LogP contribution in [-0.4, -0.2) is 24.1 Å². The van der Waals surface area contributed by atoms with Crippen LogP contribution in [0.25, 0.3) is 0 Å².